The zero-order valence-corrected chi connectivity index (χ0v) is 18.3. The summed E-state index contributed by atoms with van der Waals surface area (Å²) in [6.45, 7) is 7.25. The molecule has 4 heterocycles. The van der Waals surface area contributed by atoms with Gasteiger partial charge in [-0.15, -0.1) is 10.2 Å². The SMILES string of the molecule is CCC1CC(Nc2nc(Nc3cc(C)[nH]n3)cn3cnnc23)CC(CC)N1CCC#N. The van der Waals surface area contributed by atoms with Gasteiger partial charge in [0.1, 0.15) is 6.33 Å². The molecule has 1 fully saturated rings. The Bertz CT molecular complexity index is 1030. The van der Waals surface area contributed by atoms with Crippen LogP contribution in [0.4, 0.5) is 17.5 Å². The molecule has 3 aromatic rings. The van der Waals surface area contributed by atoms with Crippen molar-refractivity contribution in [3.8, 4) is 6.07 Å². The van der Waals surface area contributed by atoms with Gasteiger partial charge in [-0.2, -0.15) is 10.4 Å². The fraction of sp³-hybridized carbons (Fsp3) is 0.571. The number of fused-ring (bicyclic) bond motifs is 1. The molecule has 4 rings (SSSR count). The van der Waals surface area contributed by atoms with Crippen LogP contribution in [0.5, 0.6) is 0 Å². The van der Waals surface area contributed by atoms with Crippen LogP contribution in [0.1, 0.15) is 51.6 Å². The highest BCUT2D eigenvalue weighted by Gasteiger charge is 2.34. The van der Waals surface area contributed by atoms with Crippen molar-refractivity contribution >= 4 is 23.1 Å². The minimum Gasteiger partial charge on any atom is -0.364 e. The van der Waals surface area contributed by atoms with Crippen LogP contribution in [0, 0.1) is 18.3 Å². The summed E-state index contributed by atoms with van der Waals surface area (Å²) in [7, 11) is 0. The molecule has 0 bridgehead atoms. The Hall–Kier alpha value is -3.19. The van der Waals surface area contributed by atoms with Gasteiger partial charge in [0.15, 0.2) is 17.5 Å². The molecule has 3 N–H and O–H groups in total. The maximum Gasteiger partial charge on any atom is 0.203 e. The number of likely N-dealkylation sites (tertiary alicyclic amines) is 1. The first-order valence-corrected chi connectivity index (χ1v) is 11.0. The Balaban J connectivity index is 1.56. The van der Waals surface area contributed by atoms with Gasteiger partial charge in [0.25, 0.3) is 0 Å². The molecule has 0 saturated carbocycles. The number of hydrogen-bond acceptors (Lipinski definition) is 8. The molecule has 2 unspecified atom stereocenters. The van der Waals surface area contributed by atoms with Gasteiger partial charge in [-0.25, -0.2) is 4.98 Å². The predicted octanol–water partition coefficient (Wildman–Crippen LogP) is 3.25. The van der Waals surface area contributed by atoms with Crippen LogP contribution in [-0.2, 0) is 0 Å². The highest BCUT2D eigenvalue weighted by molar-refractivity contribution is 5.66. The van der Waals surface area contributed by atoms with E-state index >= 15 is 0 Å². The molecule has 0 aliphatic carbocycles. The summed E-state index contributed by atoms with van der Waals surface area (Å²) in [5.74, 6) is 2.10. The molecule has 1 aliphatic rings. The van der Waals surface area contributed by atoms with Crippen molar-refractivity contribution in [2.45, 2.75) is 71.0 Å². The number of hydrogen-bond donors (Lipinski definition) is 3. The number of aromatic nitrogens is 6. The molecule has 1 saturated heterocycles. The van der Waals surface area contributed by atoms with Gasteiger partial charge in [-0.1, -0.05) is 13.8 Å². The number of nitriles is 1. The Kier molecular flexibility index (Phi) is 6.32. The molecule has 3 aromatic heterocycles. The van der Waals surface area contributed by atoms with Crippen molar-refractivity contribution in [1.29, 1.82) is 5.26 Å². The van der Waals surface area contributed by atoms with Gasteiger partial charge in [-0.3, -0.25) is 14.4 Å². The molecule has 164 valence electrons. The van der Waals surface area contributed by atoms with Crippen molar-refractivity contribution in [2.75, 3.05) is 17.2 Å². The third-order valence-corrected chi connectivity index (χ3v) is 6.06. The number of anilines is 3. The van der Waals surface area contributed by atoms with Gasteiger partial charge >= 0.3 is 0 Å². The molecule has 0 amide bonds. The number of nitrogens with zero attached hydrogens (tertiary/aromatic N) is 7. The molecular weight excluding hydrogens is 392 g/mol. The monoisotopic (exact) mass is 422 g/mol. The largest absolute Gasteiger partial charge is 0.364 e. The minimum absolute atomic E-state index is 0.282. The second kappa shape index (κ2) is 9.31. The zero-order chi connectivity index (χ0) is 21.8. The quantitative estimate of drug-likeness (QED) is 0.505. The predicted molar refractivity (Wildman–Crippen MR) is 119 cm³/mol. The molecule has 10 heteroatoms. The van der Waals surface area contributed by atoms with Crippen molar-refractivity contribution in [1.82, 2.24) is 34.7 Å². The lowest BCUT2D eigenvalue weighted by Crippen LogP contribution is -2.52. The molecule has 31 heavy (non-hydrogen) atoms. The van der Waals surface area contributed by atoms with Gasteiger partial charge in [-0.05, 0) is 32.6 Å². The number of nitrogens with one attached hydrogen (secondary N) is 3. The van der Waals surface area contributed by atoms with E-state index in [0.717, 1.165) is 43.7 Å². The number of piperidine rings is 1. The molecule has 10 nitrogen and oxygen atoms in total. The van der Waals surface area contributed by atoms with Crippen molar-refractivity contribution in [2.24, 2.45) is 0 Å². The van der Waals surface area contributed by atoms with E-state index in [1.165, 1.54) is 0 Å². The van der Waals surface area contributed by atoms with Crippen LogP contribution >= 0.6 is 0 Å². The Morgan fingerprint density at radius 3 is 2.65 bits per heavy atom. The first-order valence-electron chi connectivity index (χ1n) is 11.0. The Labute approximate surface area is 182 Å². The normalized spacial score (nSPS) is 21.8. The minimum atomic E-state index is 0.282. The number of aromatic amines is 1. The maximum absolute atomic E-state index is 9.05. The molecule has 0 radical (unpaired) electrons. The van der Waals surface area contributed by atoms with Crippen molar-refractivity contribution < 1.29 is 0 Å². The molecular formula is C21H30N10. The summed E-state index contributed by atoms with van der Waals surface area (Å²) in [5.41, 5.74) is 1.68. The van der Waals surface area contributed by atoms with Gasteiger partial charge in [0, 0.05) is 42.9 Å². The van der Waals surface area contributed by atoms with E-state index in [0.29, 0.717) is 35.8 Å². The lowest BCUT2D eigenvalue weighted by molar-refractivity contribution is 0.0735. The molecule has 1 aliphatic heterocycles. The second-order valence-electron chi connectivity index (χ2n) is 8.18. The summed E-state index contributed by atoms with van der Waals surface area (Å²) >= 11 is 0. The van der Waals surface area contributed by atoms with E-state index in [1.807, 2.05) is 23.6 Å². The Morgan fingerprint density at radius 1 is 1.23 bits per heavy atom. The number of H-pyrrole nitrogens is 1. The molecule has 0 spiro atoms. The molecule has 0 aromatic carbocycles. The topological polar surface area (TPSA) is 123 Å². The lowest BCUT2D eigenvalue weighted by Gasteiger charge is -2.45. The first-order chi connectivity index (χ1) is 15.1. The number of aryl methyl sites for hydroxylation is 1. The third kappa shape index (κ3) is 4.61. The van der Waals surface area contributed by atoms with Gasteiger partial charge < -0.3 is 10.6 Å². The van der Waals surface area contributed by atoms with Crippen molar-refractivity contribution in [3.05, 3.63) is 24.3 Å². The van der Waals surface area contributed by atoms with Crippen LogP contribution in [0.2, 0.25) is 0 Å². The van der Waals surface area contributed by atoms with Crippen molar-refractivity contribution in [3.63, 3.8) is 0 Å². The summed E-state index contributed by atoms with van der Waals surface area (Å²) in [6.07, 6.45) is 8.26. The van der Waals surface area contributed by atoms with E-state index in [-0.39, 0.29) is 6.04 Å². The average Bonchev–Trinajstić information content (AvgIpc) is 3.41. The maximum atomic E-state index is 9.05. The summed E-state index contributed by atoms with van der Waals surface area (Å²) in [6, 6.07) is 5.41. The number of rotatable bonds is 8. The fourth-order valence-electron chi connectivity index (χ4n) is 4.59. The van der Waals surface area contributed by atoms with Crippen LogP contribution in [0.15, 0.2) is 18.6 Å². The van der Waals surface area contributed by atoms with Gasteiger partial charge in [0.05, 0.1) is 12.3 Å². The Morgan fingerprint density at radius 2 is 2.00 bits per heavy atom. The van der Waals surface area contributed by atoms with Gasteiger partial charge in [0.2, 0.25) is 5.65 Å². The lowest BCUT2D eigenvalue weighted by atomic mass is 9.88. The van der Waals surface area contributed by atoms with Crippen LogP contribution in [0.25, 0.3) is 5.65 Å². The molecule has 2 atom stereocenters. The van der Waals surface area contributed by atoms with E-state index in [4.69, 9.17) is 10.2 Å². The van der Waals surface area contributed by atoms with E-state index in [2.05, 4.69) is 55.8 Å². The van der Waals surface area contributed by atoms with E-state index in [1.54, 1.807) is 6.33 Å². The van der Waals surface area contributed by atoms with Crippen LogP contribution in [0.3, 0.4) is 0 Å². The summed E-state index contributed by atoms with van der Waals surface area (Å²) in [5, 5.41) is 31.4. The average molecular weight is 423 g/mol. The summed E-state index contributed by atoms with van der Waals surface area (Å²) in [4.78, 5) is 7.31. The van der Waals surface area contributed by atoms with Crippen LogP contribution < -0.4 is 10.6 Å². The van der Waals surface area contributed by atoms with Crippen LogP contribution in [-0.4, -0.2) is 59.3 Å². The highest BCUT2D eigenvalue weighted by atomic mass is 15.3. The van der Waals surface area contributed by atoms with E-state index < -0.39 is 0 Å². The third-order valence-electron chi connectivity index (χ3n) is 6.06. The highest BCUT2D eigenvalue weighted by Crippen LogP contribution is 2.30. The zero-order valence-electron chi connectivity index (χ0n) is 18.3. The fourth-order valence-corrected chi connectivity index (χ4v) is 4.59. The summed E-state index contributed by atoms with van der Waals surface area (Å²) < 4.78 is 1.87. The smallest absolute Gasteiger partial charge is 0.203 e. The van der Waals surface area contributed by atoms with E-state index in [9.17, 15) is 0 Å². The second-order valence-corrected chi connectivity index (χ2v) is 8.18. The first kappa shape index (κ1) is 21.1. The standard InChI is InChI=1S/C21H30N10/c1-4-16-10-15(11-17(5-2)31(16)8-6-7-22)24-20-21-29-23-13-30(21)12-19(26-20)25-18-9-14(3)27-28-18/h9,12-13,15-17H,4-6,8,10-11H2,1-3H3,(H,24,26)(H2,25,27,28).